The Morgan fingerprint density at radius 2 is 2.30 bits per heavy atom. The van der Waals surface area contributed by atoms with Crippen molar-refractivity contribution in [3.8, 4) is 17.6 Å². The van der Waals surface area contributed by atoms with Gasteiger partial charge in [0.2, 0.25) is 0 Å². The fraction of sp³-hybridized carbons (Fsp3) is 0.462. The molecule has 0 amide bonds. The third kappa shape index (κ3) is 4.40. The van der Waals surface area contributed by atoms with Crippen molar-refractivity contribution in [1.29, 1.82) is 5.26 Å². The molecule has 0 aromatic heterocycles. The standard InChI is InChI=1S/C13H17N3O4/c1-3-15-10(9-14)6-7-20-11-4-5-13(19-2)12(8-11)16(17)18/h4-5,8,10,15H,3,6-7H2,1-2H3. The van der Waals surface area contributed by atoms with E-state index < -0.39 is 4.92 Å². The van der Waals surface area contributed by atoms with Gasteiger partial charge in [-0.05, 0) is 18.7 Å². The topological polar surface area (TPSA) is 97.4 Å². The first-order valence-corrected chi connectivity index (χ1v) is 6.20. The Labute approximate surface area is 117 Å². The number of ether oxygens (including phenoxy) is 2. The zero-order chi connectivity index (χ0) is 15.0. The third-order valence-electron chi connectivity index (χ3n) is 2.63. The highest BCUT2D eigenvalue weighted by molar-refractivity contribution is 5.50. The summed E-state index contributed by atoms with van der Waals surface area (Å²) in [5.74, 6) is 0.565. The van der Waals surface area contributed by atoms with Gasteiger partial charge in [0.15, 0.2) is 5.75 Å². The predicted molar refractivity (Wildman–Crippen MR) is 72.8 cm³/mol. The average Bonchev–Trinajstić information content (AvgIpc) is 2.46. The molecule has 1 atom stereocenters. The van der Waals surface area contributed by atoms with E-state index in [1.807, 2.05) is 6.92 Å². The van der Waals surface area contributed by atoms with E-state index >= 15 is 0 Å². The van der Waals surface area contributed by atoms with Crippen LogP contribution in [-0.2, 0) is 0 Å². The van der Waals surface area contributed by atoms with Gasteiger partial charge in [-0.1, -0.05) is 6.92 Å². The van der Waals surface area contributed by atoms with Gasteiger partial charge in [-0.3, -0.25) is 10.1 Å². The summed E-state index contributed by atoms with van der Waals surface area (Å²) in [7, 11) is 1.37. The predicted octanol–water partition coefficient (Wildman–Crippen LogP) is 1.87. The molecule has 0 saturated carbocycles. The highest BCUT2D eigenvalue weighted by Gasteiger charge is 2.16. The number of hydrogen-bond acceptors (Lipinski definition) is 6. The lowest BCUT2D eigenvalue weighted by atomic mass is 10.2. The van der Waals surface area contributed by atoms with Gasteiger partial charge in [-0.2, -0.15) is 5.26 Å². The average molecular weight is 279 g/mol. The molecule has 0 saturated heterocycles. The summed E-state index contributed by atoms with van der Waals surface area (Å²) in [6, 6.07) is 6.23. The highest BCUT2D eigenvalue weighted by atomic mass is 16.6. The Morgan fingerprint density at radius 3 is 2.85 bits per heavy atom. The molecule has 0 spiro atoms. The number of nitrogens with one attached hydrogen (secondary N) is 1. The van der Waals surface area contributed by atoms with Gasteiger partial charge in [-0.15, -0.1) is 0 Å². The molecule has 7 nitrogen and oxygen atoms in total. The molecule has 1 aromatic rings. The molecular weight excluding hydrogens is 262 g/mol. The Balaban J connectivity index is 2.63. The Morgan fingerprint density at radius 1 is 1.55 bits per heavy atom. The molecule has 0 heterocycles. The number of nitriles is 1. The van der Waals surface area contributed by atoms with Crippen LogP contribution in [0.3, 0.4) is 0 Å². The van der Waals surface area contributed by atoms with Gasteiger partial charge in [-0.25, -0.2) is 0 Å². The second-order valence-corrected chi connectivity index (χ2v) is 3.97. The van der Waals surface area contributed by atoms with Crippen LogP contribution in [0.15, 0.2) is 18.2 Å². The number of rotatable bonds is 8. The number of nitro benzene ring substituents is 1. The summed E-state index contributed by atoms with van der Waals surface area (Å²) >= 11 is 0. The Bertz CT molecular complexity index is 499. The molecule has 0 aliphatic rings. The summed E-state index contributed by atoms with van der Waals surface area (Å²) in [5, 5.41) is 22.7. The number of nitrogens with zero attached hydrogens (tertiary/aromatic N) is 2. The van der Waals surface area contributed by atoms with Crippen LogP contribution >= 0.6 is 0 Å². The van der Waals surface area contributed by atoms with Gasteiger partial charge in [0.25, 0.3) is 0 Å². The third-order valence-corrected chi connectivity index (χ3v) is 2.63. The van der Waals surface area contributed by atoms with Crippen LogP contribution < -0.4 is 14.8 Å². The lowest BCUT2D eigenvalue weighted by Gasteiger charge is -2.11. The summed E-state index contributed by atoms with van der Waals surface area (Å²) < 4.78 is 10.3. The largest absolute Gasteiger partial charge is 0.493 e. The quantitative estimate of drug-likeness (QED) is 0.576. The second kappa shape index (κ2) is 7.96. The molecule has 1 unspecified atom stereocenters. The SMILES string of the molecule is CCNC(C#N)CCOc1ccc(OC)c([N+](=O)[O-])c1. The van der Waals surface area contributed by atoms with E-state index in [1.54, 1.807) is 6.07 Å². The molecule has 108 valence electrons. The molecule has 1 rings (SSSR count). The van der Waals surface area contributed by atoms with E-state index in [1.165, 1.54) is 19.2 Å². The lowest BCUT2D eigenvalue weighted by molar-refractivity contribution is -0.385. The van der Waals surface area contributed by atoms with Crippen molar-refractivity contribution in [3.63, 3.8) is 0 Å². The van der Waals surface area contributed by atoms with Crippen molar-refractivity contribution in [3.05, 3.63) is 28.3 Å². The minimum Gasteiger partial charge on any atom is -0.493 e. The van der Waals surface area contributed by atoms with Gasteiger partial charge in [0.05, 0.1) is 36.8 Å². The van der Waals surface area contributed by atoms with Crippen LogP contribution in [0.5, 0.6) is 11.5 Å². The van der Waals surface area contributed by atoms with Crippen molar-refractivity contribution in [2.45, 2.75) is 19.4 Å². The summed E-state index contributed by atoms with van der Waals surface area (Å²) in [6.45, 7) is 2.92. The zero-order valence-corrected chi connectivity index (χ0v) is 11.5. The molecule has 0 bridgehead atoms. The molecule has 0 radical (unpaired) electrons. The molecule has 1 N–H and O–H groups in total. The molecule has 20 heavy (non-hydrogen) atoms. The van der Waals surface area contributed by atoms with Gasteiger partial charge >= 0.3 is 5.69 Å². The van der Waals surface area contributed by atoms with Crippen LogP contribution in [0.4, 0.5) is 5.69 Å². The maximum Gasteiger partial charge on any atom is 0.314 e. The molecule has 7 heteroatoms. The Kier molecular flexibility index (Phi) is 6.26. The van der Waals surface area contributed by atoms with Crippen LogP contribution in [0, 0.1) is 21.4 Å². The Hall–Kier alpha value is -2.33. The van der Waals surface area contributed by atoms with Gasteiger partial charge in [0.1, 0.15) is 5.75 Å². The van der Waals surface area contributed by atoms with Crippen LogP contribution in [0.1, 0.15) is 13.3 Å². The highest BCUT2D eigenvalue weighted by Crippen LogP contribution is 2.30. The molecule has 0 aliphatic carbocycles. The van der Waals surface area contributed by atoms with E-state index in [4.69, 9.17) is 14.7 Å². The summed E-state index contributed by atoms with van der Waals surface area (Å²) in [6.07, 6.45) is 0.504. The van der Waals surface area contributed by atoms with E-state index in [9.17, 15) is 10.1 Å². The molecule has 0 aliphatic heterocycles. The van der Waals surface area contributed by atoms with Crippen molar-refractivity contribution >= 4 is 5.69 Å². The first-order chi connectivity index (χ1) is 9.62. The van der Waals surface area contributed by atoms with Crippen LogP contribution in [0.2, 0.25) is 0 Å². The normalized spacial score (nSPS) is 11.4. The summed E-state index contributed by atoms with van der Waals surface area (Å²) in [4.78, 5) is 10.3. The van der Waals surface area contributed by atoms with Crippen molar-refractivity contribution < 1.29 is 14.4 Å². The minimum atomic E-state index is -0.525. The van der Waals surface area contributed by atoms with Crippen LogP contribution in [-0.4, -0.2) is 31.2 Å². The zero-order valence-electron chi connectivity index (χ0n) is 11.5. The van der Waals surface area contributed by atoms with E-state index in [2.05, 4.69) is 11.4 Å². The fourth-order valence-electron chi connectivity index (χ4n) is 1.66. The molecular formula is C13H17N3O4. The minimum absolute atomic E-state index is 0.145. The van der Waals surface area contributed by atoms with Crippen molar-refractivity contribution in [2.75, 3.05) is 20.3 Å². The van der Waals surface area contributed by atoms with Gasteiger partial charge < -0.3 is 14.8 Å². The second-order valence-electron chi connectivity index (χ2n) is 3.97. The monoisotopic (exact) mass is 279 g/mol. The maximum atomic E-state index is 10.9. The van der Waals surface area contributed by atoms with Crippen LogP contribution in [0.25, 0.3) is 0 Å². The number of nitro groups is 1. The number of hydrogen-bond donors (Lipinski definition) is 1. The van der Waals surface area contributed by atoms with E-state index in [-0.39, 0.29) is 17.5 Å². The smallest absolute Gasteiger partial charge is 0.314 e. The fourth-order valence-corrected chi connectivity index (χ4v) is 1.66. The number of methoxy groups -OCH3 is 1. The van der Waals surface area contributed by atoms with E-state index in [0.717, 1.165) is 0 Å². The van der Waals surface area contributed by atoms with Gasteiger partial charge in [0, 0.05) is 6.42 Å². The first kappa shape index (κ1) is 15.7. The lowest BCUT2D eigenvalue weighted by Crippen LogP contribution is -2.28. The van der Waals surface area contributed by atoms with Crippen molar-refractivity contribution in [1.82, 2.24) is 5.32 Å². The van der Waals surface area contributed by atoms with Crippen molar-refractivity contribution in [2.24, 2.45) is 0 Å². The first-order valence-electron chi connectivity index (χ1n) is 6.20. The molecule has 0 fully saturated rings. The maximum absolute atomic E-state index is 10.9. The summed E-state index contributed by atoms with van der Waals surface area (Å²) in [5.41, 5.74) is -0.145. The number of benzene rings is 1. The van der Waals surface area contributed by atoms with E-state index in [0.29, 0.717) is 25.3 Å². The molecule has 1 aromatic carbocycles.